The summed E-state index contributed by atoms with van der Waals surface area (Å²) in [5.41, 5.74) is 3.30. The molecule has 0 fully saturated rings. The molecule has 0 saturated heterocycles. The maximum absolute atomic E-state index is 12.6. The molecular weight excluding hydrogens is 330 g/mol. The van der Waals surface area contributed by atoms with Crippen molar-refractivity contribution in [1.82, 2.24) is 14.9 Å². The lowest BCUT2D eigenvalue weighted by molar-refractivity contribution is -0.154. The Morgan fingerprint density at radius 1 is 1.08 bits per heavy atom. The molecule has 0 N–H and O–H groups in total. The number of carbonyl (C=O) groups is 2. The van der Waals surface area contributed by atoms with Crippen LogP contribution in [0.5, 0.6) is 0 Å². The second-order valence-corrected chi connectivity index (χ2v) is 7.51. The summed E-state index contributed by atoms with van der Waals surface area (Å²) in [5, 5.41) is 0. The smallest absolute Gasteiger partial charge is 0.306 e. The molecule has 6 heteroatoms. The van der Waals surface area contributed by atoms with Gasteiger partial charge in [0.25, 0.3) is 5.91 Å². The van der Waals surface area contributed by atoms with Crippen LogP contribution in [0.15, 0.2) is 18.2 Å². The highest BCUT2D eigenvalue weighted by molar-refractivity contribution is 5.97. The van der Waals surface area contributed by atoms with Crippen molar-refractivity contribution >= 4 is 22.9 Å². The average Bonchev–Trinajstić information content (AvgIpc) is 2.53. The third-order valence-electron chi connectivity index (χ3n) is 3.96. The molecule has 1 heterocycles. The van der Waals surface area contributed by atoms with Crippen molar-refractivity contribution in [2.24, 2.45) is 0 Å². The van der Waals surface area contributed by atoms with Gasteiger partial charge in [-0.2, -0.15) is 0 Å². The normalized spacial score (nSPS) is 11.5. The van der Waals surface area contributed by atoms with E-state index in [1.165, 1.54) is 0 Å². The highest BCUT2D eigenvalue weighted by atomic mass is 16.6. The van der Waals surface area contributed by atoms with Gasteiger partial charge in [0.05, 0.1) is 22.4 Å². The molecule has 1 aromatic heterocycles. The SMILES string of the molecule is Cc1nc2ccc(C(=O)N(C)CCCC(=O)OC(C)(C)C)cc2nc1C. The highest BCUT2D eigenvalue weighted by Crippen LogP contribution is 2.16. The van der Waals surface area contributed by atoms with Gasteiger partial charge in [0.1, 0.15) is 5.60 Å². The first-order valence-corrected chi connectivity index (χ1v) is 8.79. The fraction of sp³-hybridized carbons (Fsp3) is 0.500. The fourth-order valence-electron chi connectivity index (χ4n) is 2.54. The molecule has 1 aromatic carbocycles. The number of aromatic nitrogens is 2. The molecule has 0 aliphatic carbocycles. The summed E-state index contributed by atoms with van der Waals surface area (Å²) >= 11 is 0. The number of hydrogen-bond donors (Lipinski definition) is 0. The van der Waals surface area contributed by atoms with E-state index >= 15 is 0 Å². The van der Waals surface area contributed by atoms with Gasteiger partial charge in [-0.15, -0.1) is 0 Å². The molecule has 0 radical (unpaired) electrons. The van der Waals surface area contributed by atoms with Gasteiger partial charge < -0.3 is 9.64 Å². The van der Waals surface area contributed by atoms with Gasteiger partial charge in [-0.25, -0.2) is 9.97 Å². The summed E-state index contributed by atoms with van der Waals surface area (Å²) in [6.07, 6.45) is 0.847. The van der Waals surface area contributed by atoms with E-state index in [2.05, 4.69) is 9.97 Å². The number of benzene rings is 1. The Morgan fingerprint density at radius 3 is 2.31 bits per heavy atom. The van der Waals surface area contributed by atoms with Crippen LogP contribution in [0.25, 0.3) is 11.0 Å². The monoisotopic (exact) mass is 357 g/mol. The molecule has 0 unspecified atom stereocenters. The van der Waals surface area contributed by atoms with Gasteiger partial charge in [-0.1, -0.05) is 0 Å². The van der Waals surface area contributed by atoms with Crippen LogP contribution in [0.4, 0.5) is 0 Å². The van der Waals surface area contributed by atoms with E-state index in [0.717, 1.165) is 16.9 Å². The van der Waals surface area contributed by atoms with Crippen molar-refractivity contribution in [3.63, 3.8) is 0 Å². The van der Waals surface area contributed by atoms with Crippen molar-refractivity contribution in [3.05, 3.63) is 35.2 Å². The largest absolute Gasteiger partial charge is 0.460 e. The number of aryl methyl sites for hydroxylation is 2. The lowest BCUT2D eigenvalue weighted by Gasteiger charge is -2.20. The number of carbonyl (C=O) groups excluding carboxylic acids is 2. The fourth-order valence-corrected chi connectivity index (χ4v) is 2.54. The Hall–Kier alpha value is -2.50. The zero-order valence-corrected chi connectivity index (χ0v) is 16.4. The number of ether oxygens (including phenoxy) is 1. The minimum absolute atomic E-state index is 0.101. The standard InChI is InChI=1S/C20H27N3O3/c1-13-14(2)22-17-12-15(9-10-16(17)21-13)19(25)23(6)11-7-8-18(24)26-20(3,4)5/h9-10,12H,7-8,11H2,1-6H3. The van der Waals surface area contributed by atoms with Crippen LogP contribution in [-0.2, 0) is 9.53 Å². The number of fused-ring (bicyclic) bond motifs is 1. The molecule has 0 atom stereocenters. The van der Waals surface area contributed by atoms with Crippen LogP contribution in [0.2, 0.25) is 0 Å². The lowest BCUT2D eigenvalue weighted by Crippen LogP contribution is -2.29. The molecular formula is C20H27N3O3. The van der Waals surface area contributed by atoms with E-state index < -0.39 is 5.60 Å². The summed E-state index contributed by atoms with van der Waals surface area (Å²) in [6, 6.07) is 5.34. The highest BCUT2D eigenvalue weighted by Gasteiger charge is 2.17. The number of rotatable bonds is 5. The van der Waals surface area contributed by atoms with Crippen LogP contribution in [0.1, 0.15) is 55.4 Å². The summed E-state index contributed by atoms with van der Waals surface area (Å²) < 4.78 is 5.28. The summed E-state index contributed by atoms with van der Waals surface area (Å²) in [5.74, 6) is -0.346. The number of esters is 1. The van der Waals surface area contributed by atoms with Crippen LogP contribution in [0.3, 0.4) is 0 Å². The first kappa shape index (κ1) is 19.8. The number of amides is 1. The molecule has 0 aliphatic heterocycles. The predicted octanol–water partition coefficient (Wildman–Crippen LogP) is 3.44. The van der Waals surface area contributed by atoms with E-state index in [4.69, 9.17) is 4.74 Å². The van der Waals surface area contributed by atoms with Gasteiger partial charge in [0.2, 0.25) is 0 Å². The first-order chi connectivity index (χ1) is 12.1. The Balaban J connectivity index is 1.98. The van der Waals surface area contributed by atoms with Gasteiger partial charge in [0.15, 0.2) is 0 Å². The Kier molecular flexibility index (Phi) is 5.95. The van der Waals surface area contributed by atoms with Gasteiger partial charge in [0, 0.05) is 25.6 Å². The van der Waals surface area contributed by atoms with E-state index in [1.807, 2.05) is 40.7 Å². The molecule has 26 heavy (non-hydrogen) atoms. The van der Waals surface area contributed by atoms with Gasteiger partial charge >= 0.3 is 5.97 Å². The zero-order valence-electron chi connectivity index (χ0n) is 16.4. The van der Waals surface area contributed by atoms with Crippen LogP contribution in [0, 0.1) is 13.8 Å². The van der Waals surface area contributed by atoms with E-state index in [-0.39, 0.29) is 18.3 Å². The van der Waals surface area contributed by atoms with Crippen molar-refractivity contribution in [2.45, 2.75) is 53.1 Å². The van der Waals surface area contributed by atoms with Crippen molar-refractivity contribution in [2.75, 3.05) is 13.6 Å². The lowest BCUT2D eigenvalue weighted by atomic mass is 10.1. The molecule has 2 aromatic rings. The summed E-state index contributed by atoms with van der Waals surface area (Å²) in [7, 11) is 1.73. The number of nitrogens with zero attached hydrogens (tertiary/aromatic N) is 3. The third-order valence-corrected chi connectivity index (χ3v) is 3.96. The van der Waals surface area contributed by atoms with E-state index in [9.17, 15) is 9.59 Å². The van der Waals surface area contributed by atoms with Crippen molar-refractivity contribution < 1.29 is 14.3 Å². The molecule has 2 rings (SSSR count). The molecule has 0 spiro atoms. The van der Waals surface area contributed by atoms with Gasteiger partial charge in [-0.3, -0.25) is 9.59 Å². The third kappa shape index (κ3) is 5.25. The van der Waals surface area contributed by atoms with Crippen LogP contribution in [-0.4, -0.2) is 45.9 Å². The maximum atomic E-state index is 12.6. The molecule has 0 aliphatic rings. The van der Waals surface area contributed by atoms with Gasteiger partial charge in [-0.05, 0) is 59.2 Å². The quantitative estimate of drug-likeness (QED) is 0.767. The van der Waals surface area contributed by atoms with E-state index in [1.54, 1.807) is 24.1 Å². The second-order valence-electron chi connectivity index (χ2n) is 7.51. The Bertz CT molecular complexity index is 825. The molecule has 1 amide bonds. The minimum atomic E-state index is -0.485. The van der Waals surface area contributed by atoms with Crippen molar-refractivity contribution in [1.29, 1.82) is 0 Å². The molecule has 140 valence electrons. The van der Waals surface area contributed by atoms with E-state index in [0.29, 0.717) is 24.0 Å². The minimum Gasteiger partial charge on any atom is -0.460 e. The van der Waals surface area contributed by atoms with Crippen LogP contribution < -0.4 is 0 Å². The molecule has 0 bridgehead atoms. The first-order valence-electron chi connectivity index (χ1n) is 8.79. The summed E-state index contributed by atoms with van der Waals surface area (Å²) in [4.78, 5) is 34.9. The van der Waals surface area contributed by atoms with Crippen LogP contribution >= 0.6 is 0 Å². The predicted molar refractivity (Wildman–Crippen MR) is 101 cm³/mol. The number of hydrogen-bond acceptors (Lipinski definition) is 5. The molecule has 0 saturated carbocycles. The topological polar surface area (TPSA) is 72.4 Å². The zero-order chi connectivity index (χ0) is 19.5. The maximum Gasteiger partial charge on any atom is 0.306 e. The summed E-state index contributed by atoms with van der Waals surface area (Å²) in [6.45, 7) is 9.82. The Labute approximate surface area is 154 Å². The van der Waals surface area contributed by atoms with Crippen molar-refractivity contribution in [3.8, 4) is 0 Å². The Morgan fingerprint density at radius 2 is 1.69 bits per heavy atom. The molecule has 6 nitrogen and oxygen atoms in total. The average molecular weight is 357 g/mol. The second kappa shape index (κ2) is 7.81.